The van der Waals surface area contributed by atoms with E-state index in [0.29, 0.717) is 17.0 Å². The molecule has 1 fully saturated rings. The maximum atomic E-state index is 12.5. The number of nitrogens with zero attached hydrogens (tertiary/aromatic N) is 5. The number of aromatic nitrogens is 3. The van der Waals surface area contributed by atoms with Gasteiger partial charge in [0.2, 0.25) is 11.4 Å². The van der Waals surface area contributed by atoms with E-state index in [1.165, 1.54) is 12.4 Å². The lowest BCUT2D eigenvalue weighted by Gasteiger charge is -2.32. The summed E-state index contributed by atoms with van der Waals surface area (Å²) in [6.45, 7) is 5.51. The SMILES string of the molecule is CCOC(=O)c1cn(C)c2nc(N3CCN(C)CC3)ncc2c1=O. The van der Waals surface area contributed by atoms with Gasteiger partial charge in [0.1, 0.15) is 11.2 Å². The second-order valence-electron chi connectivity index (χ2n) is 5.90. The molecule has 1 aliphatic rings. The number of pyridine rings is 1. The molecule has 128 valence electrons. The Morgan fingerprint density at radius 1 is 1.25 bits per heavy atom. The summed E-state index contributed by atoms with van der Waals surface area (Å²) in [4.78, 5) is 37.7. The van der Waals surface area contributed by atoms with E-state index in [1.54, 1.807) is 18.5 Å². The molecule has 0 aliphatic carbocycles. The first kappa shape index (κ1) is 16.4. The van der Waals surface area contributed by atoms with Gasteiger partial charge < -0.3 is 19.1 Å². The minimum Gasteiger partial charge on any atom is -0.462 e. The fourth-order valence-electron chi connectivity index (χ4n) is 2.76. The fraction of sp³-hybridized carbons (Fsp3) is 0.500. The molecule has 2 aromatic rings. The van der Waals surface area contributed by atoms with Crippen LogP contribution in [-0.4, -0.2) is 65.2 Å². The zero-order chi connectivity index (χ0) is 17.3. The predicted molar refractivity (Wildman–Crippen MR) is 90.4 cm³/mol. The van der Waals surface area contributed by atoms with Gasteiger partial charge in [-0.1, -0.05) is 0 Å². The van der Waals surface area contributed by atoms with Crippen LogP contribution in [-0.2, 0) is 11.8 Å². The topological polar surface area (TPSA) is 80.6 Å². The molecular weight excluding hydrogens is 310 g/mol. The largest absolute Gasteiger partial charge is 0.462 e. The number of carbonyl (C=O) groups is 1. The Bertz CT molecular complexity index is 824. The molecule has 24 heavy (non-hydrogen) atoms. The van der Waals surface area contributed by atoms with Crippen molar-refractivity contribution in [2.24, 2.45) is 7.05 Å². The third-order valence-corrected chi connectivity index (χ3v) is 4.18. The first-order valence-electron chi connectivity index (χ1n) is 7.98. The van der Waals surface area contributed by atoms with Crippen LogP contribution in [0.4, 0.5) is 5.95 Å². The van der Waals surface area contributed by atoms with Crippen molar-refractivity contribution in [3.8, 4) is 0 Å². The number of anilines is 1. The third kappa shape index (κ3) is 2.96. The first-order valence-corrected chi connectivity index (χ1v) is 7.98. The van der Waals surface area contributed by atoms with Crippen LogP contribution in [0.2, 0.25) is 0 Å². The fourth-order valence-corrected chi connectivity index (χ4v) is 2.76. The highest BCUT2D eigenvalue weighted by Crippen LogP contribution is 2.15. The molecule has 1 aliphatic heterocycles. The Morgan fingerprint density at radius 3 is 2.62 bits per heavy atom. The van der Waals surface area contributed by atoms with E-state index in [2.05, 4.69) is 26.8 Å². The average molecular weight is 331 g/mol. The molecule has 0 aromatic carbocycles. The molecular formula is C16H21N5O3. The van der Waals surface area contributed by atoms with Gasteiger partial charge in [0.05, 0.1) is 12.0 Å². The van der Waals surface area contributed by atoms with Gasteiger partial charge in [0.15, 0.2) is 0 Å². The minimum absolute atomic E-state index is 0.00259. The molecule has 0 radical (unpaired) electrons. The molecule has 2 aromatic heterocycles. The number of hydrogen-bond acceptors (Lipinski definition) is 7. The quantitative estimate of drug-likeness (QED) is 0.746. The van der Waals surface area contributed by atoms with Crippen molar-refractivity contribution in [2.75, 3.05) is 44.7 Å². The Balaban J connectivity index is 2.02. The number of carbonyl (C=O) groups excluding carboxylic acids is 1. The second-order valence-corrected chi connectivity index (χ2v) is 5.90. The molecule has 0 spiro atoms. The maximum absolute atomic E-state index is 12.5. The molecule has 0 amide bonds. The summed E-state index contributed by atoms with van der Waals surface area (Å²) in [5.41, 5.74) is 0.117. The van der Waals surface area contributed by atoms with Gasteiger partial charge in [-0.05, 0) is 14.0 Å². The zero-order valence-electron chi connectivity index (χ0n) is 14.2. The summed E-state index contributed by atoms with van der Waals surface area (Å²) in [6.07, 6.45) is 2.98. The molecule has 3 rings (SSSR count). The normalized spacial score (nSPS) is 15.7. The summed E-state index contributed by atoms with van der Waals surface area (Å²) in [5.74, 6) is -0.0161. The van der Waals surface area contributed by atoms with E-state index in [1.807, 2.05) is 0 Å². The van der Waals surface area contributed by atoms with Gasteiger partial charge in [-0.2, -0.15) is 4.98 Å². The number of likely N-dealkylation sites (N-methyl/N-ethyl adjacent to an activating group) is 1. The van der Waals surface area contributed by atoms with E-state index >= 15 is 0 Å². The van der Waals surface area contributed by atoms with Gasteiger partial charge in [-0.25, -0.2) is 9.78 Å². The molecule has 0 saturated carbocycles. The number of hydrogen-bond donors (Lipinski definition) is 0. The van der Waals surface area contributed by atoms with Crippen LogP contribution in [0.15, 0.2) is 17.2 Å². The summed E-state index contributed by atoms with van der Waals surface area (Å²) in [7, 11) is 3.84. The number of piperazine rings is 1. The van der Waals surface area contributed by atoms with Crippen LogP contribution < -0.4 is 10.3 Å². The Hall–Kier alpha value is -2.48. The minimum atomic E-state index is -0.622. The Morgan fingerprint density at radius 2 is 1.96 bits per heavy atom. The highest BCUT2D eigenvalue weighted by atomic mass is 16.5. The van der Waals surface area contributed by atoms with Crippen molar-refractivity contribution in [1.82, 2.24) is 19.4 Å². The van der Waals surface area contributed by atoms with Gasteiger partial charge in [-0.3, -0.25) is 4.79 Å². The van der Waals surface area contributed by atoms with E-state index < -0.39 is 11.4 Å². The molecule has 0 unspecified atom stereocenters. The van der Waals surface area contributed by atoms with Crippen LogP contribution in [0.5, 0.6) is 0 Å². The third-order valence-electron chi connectivity index (χ3n) is 4.18. The van der Waals surface area contributed by atoms with E-state index in [0.717, 1.165) is 26.2 Å². The monoisotopic (exact) mass is 331 g/mol. The number of ether oxygens (including phenoxy) is 1. The average Bonchev–Trinajstić information content (AvgIpc) is 2.58. The van der Waals surface area contributed by atoms with Crippen LogP contribution in [0.1, 0.15) is 17.3 Å². The maximum Gasteiger partial charge on any atom is 0.343 e. The van der Waals surface area contributed by atoms with Crippen molar-refractivity contribution in [1.29, 1.82) is 0 Å². The van der Waals surface area contributed by atoms with Crippen molar-refractivity contribution in [3.05, 3.63) is 28.2 Å². The highest BCUT2D eigenvalue weighted by molar-refractivity contribution is 5.93. The molecule has 1 saturated heterocycles. The molecule has 8 nitrogen and oxygen atoms in total. The van der Waals surface area contributed by atoms with E-state index in [9.17, 15) is 9.59 Å². The molecule has 8 heteroatoms. The highest BCUT2D eigenvalue weighted by Gasteiger charge is 2.20. The summed E-state index contributed by atoms with van der Waals surface area (Å²) in [5, 5.41) is 0.320. The van der Waals surface area contributed by atoms with E-state index in [4.69, 9.17) is 4.74 Å². The summed E-state index contributed by atoms with van der Waals surface area (Å²) < 4.78 is 6.61. The van der Waals surface area contributed by atoms with Gasteiger partial charge in [0.25, 0.3) is 0 Å². The van der Waals surface area contributed by atoms with E-state index in [-0.39, 0.29) is 12.2 Å². The van der Waals surface area contributed by atoms with Crippen LogP contribution >= 0.6 is 0 Å². The molecule has 0 bridgehead atoms. The smallest absolute Gasteiger partial charge is 0.343 e. The number of aryl methyl sites for hydroxylation is 1. The number of esters is 1. The molecule has 0 N–H and O–H groups in total. The summed E-state index contributed by atoms with van der Waals surface area (Å²) in [6, 6.07) is 0. The van der Waals surface area contributed by atoms with Crippen LogP contribution in [0.25, 0.3) is 11.0 Å². The van der Waals surface area contributed by atoms with Crippen LogP contribution in [0, 0.1) is 0 Å². The second kappa shape index (κ2) is 6.56. The van der Waals surface area contributed by atoms with Gasteiger partial charge in [0, 0.05) is 45.6 Å². The van der Waals surface area contributed by atoms with Crippen molar-refractivity contribution >= 4 is 23.0 Å². The van der Waals surface area contributed by atoms with Gasteiger partial charge in [-0.15, -0.1) is 0 Å². The number of rotatable bonds is 3. The predicted octanol–water partition coefficient (Wildman–Crippen LogP) is 0.257. The Kier molecular flexibility index (Phi) is 4.48. The van der Waals surface area contributed by atoms with Crippen LogP contribution in [0.3, 0.4) is 0 Å². The number of fused-ring (bicyclic) bond motifs is 1. The lowest BCUT2D eigenvalue weighted by atomic mass is 10.2. The Labute approximate surface area is 139 Å². The summed E-state index contributed by atoms with van der Waals surface area (Å²) >= 11 is 0. The lowest BCUT2D eigenvalue weighted by Crippen LogP contribution is -2.45. The zero-order valence-corrected chi connectivity index (χ0v) is 14.2. The molecule has 0 atom stereocenters. The molecule has 3 heterocycles. The van der Waals surface area contributed by atoms with Crippen molar-refractivity contribution in [3.63, 3.8) is 0 Å². The van der Waals surface area contributed by atoms with Gasteiger partial charge >= 0.3 is 5.97 Å². The standard InChI is InChI=1S/C16H21N5O3/c1-4-24-15(23)12-10-20(3)14-11(13(12)22)9-17-16(18-14)21-7-5-19(2)6-8-21/h9-10H,4-8H2,1-3H3. The van der Waals surface area contributed by atoms with Crippen molar-refractivity contribution < 1.29 is 9.53 Å². The lowest BCUT2D eigenvalue weighted by molar-refractivity contribution is 0.0524. The van der Waals surface area contributed by atoms with Crippen molar-refractivity contribution in [2.45, 2.75) is 6.92 Å². The first-order chi connectivity index (χ1) is 11.5.